The number of allylic oxidation sites excluding steroid dienone is 2. The molecule has 0 bridgehead atoms. The van der Waals surface area contributed by atoms with Crippen LogP contribution < -0.4 is 0 Å². The predicted octanol–water partition coefficient (Wildman–Crippen LogP) is 13.4. The van der Waals surface area contributed by atoms with Gasteiger partial charge in [0.1, 0.15) is 0 Å². The number of hydrogen-bond acceptors (Lipinski definition) is 0. The van der Waals surface area contributed by atoms with E-state index in [0.717, 1.165) is 37.8 Å². The SMILES string of the molecule is CC1=Cc2c(ccc(Cc3ccccc3)c2Cc2ccccc2)C1C[SiH](CC1C(C)=Cc2c1ccc(Cc1ccccc1)c2Cc1ccccc1)[Zr]([Cl])[Cl]. The van der Waals surface area contributed by atoms with Crippen molar-refractivity contribution in [3.8, 4) is 0 Å². The van der Waals surface area contributed by atoms with E-state index in [1.165, 1.54) is 77.9 Å². The molecule has 0 amide bonds. The summed E-state index contributed by atoms with van der Waals surface area (Å²) in [7, 11) is 14.5. The summed E-state index contributed by atoms with van der Waals surface area (Å²) in [5.74, 6) is -0.667. The van der Waals surface area contributed by atoms with Gasteiger partial charge in [0.05, 0.1) is 0 Å². The van der Waals surface area contributed by atoms with Crippen molar-refractivity contribution in [1.29, 1.82) is 0 Å². The van der Waals surface area contributed by atoms with Gasteiger partial charge in [0.15, 0.2) is 0 Å². The van der Waals surface area contributed by atoms with E-state index in [1.54, 1.807) is 0 Å². The average molecular weight is 838 g/mol. The molecule has 0 N–H and O–H groups in total. The molecular weight excluding hydrogens is 791 g/mol. The van der Waals surface area contributed by atoms with Gasteiger partial charge in [0, 0.05) is 0 Å². The summed E-state index contributed by atoms with van der Waals surface area (Å²) in [6.07, 6.45) is 8.77. The molecule has 6 aromatic carbocycles. The molecule has 0 nitrogen and oxygen atoms in total. The van der Waals surface area contributed by atoms with Crippen LogP contribution in [0.2, 0.25) is 12.1 Å². The number of benzene rings is 6. The molecule has 2 aliphatic carbocycles. The Bertz CT molecular complexity index is 2120. The maximum atomic E-state index is 7.24. The van der Waals surface area contributed by atoms with Gasteiger partial charge in [-0.3, -0.25) is 0 Å². The first-order valence-corrected chi connectivity index (χ1v) is 32.2. The summed E-state index contributed by atoms with van der Waals surface area (Å²) in [5.41, 5.74) is 20.0. The van der Waals surface area contributed by atoms with E-state index < -0.39 is 24.4 Å². The first kappa shape index (κ1) is 37.4. The fourth-order valence-corrected chi connectivity index (χ4v) is 24.4. The zero-order valence-corrected chi connectivity index (χ0v) is 36.4. The van der Waals surface area contributed by atoms with Crippen LogP contribution in [-0.4, -0.2) is 5.92 Å². The van der Waals surface area contributed by atoms with Gasteiger partial charge in [-0.2, -0.15) is 0 Å². The Morgan fingerprint density at radius 1 is 0.444 bits per heavy atom. The van der Waals surface area contributed by atoms with Crippen LogP contribution in [0.5, 0.6) is 0 Å². The summed E-state index contributed by atoms with van der Waals surface area (Å²) < 4.78 is 0. The second-order valence-electron chi connectivity index (χ2n) is 15.4. The number of halogens is 2. The quantitative estimate of drug-likeness (QED) is 0.102. The van der Waals surface area contributed by atoms with Crippen LogP contribution in [0, 0.1) is 0 Å². The molecule has 8 rings (SSSR count). The van der Waals surface area contributed by atoms with Gasteiger partial charge in [0.2, 0.25) is 0 Å². The Morgan fingerprint density at radius 3 is 1.11 bits per heavy atom. The summed E-state index contributed by atoms with van der Waals surface area (Å²) >= 11 is -2.56. The molecule has 2 aliphatic rings. The van der Waals surface area contributed by atoms with Crippen LogP contribution in [0.4, 0.5) is 0 Å². The molecule has 0 saturated heterocycles. The van der Waals surface area contributed by atoms with Gasteiger partial charge in [-0.1, -0.05) is 0 Å². The predicted molar refractivity (Wildman–Crippen MR) is 231 cm³/mol. The van der Waals surface area contributed by atoms with E-state index in [-0.39, 0.29) is 0 Å². The average Bonchev–Trinajstić information content (AvgIpc) is 3.69. The Kier molecular flexibility index (Phi) is 11.8. The Labute approximate surface area is 338 Å². The number of fused-ring (bicyclic) bond motifs is 2. The second kappa shape index (κ2) is 17.1. The topological polar surface area (TPSA) is 0 Å². The third kappa shape index (κ3) is 8.34. The first-order chi connectivity index (χ1) is 26.4. The van der Waals surface area contributed by atoms with E-state index in [9.17, 15) is 0 Å². The van der Waals surface area contributed by atoms with E-state index in [1.807, 2.05) is 0 Å². The third-order valence-electron chi connectivity index (χ3n) is 11.8. The van der Waals surface area contributed by atoms with Crippen LogP contribution in [0.1, 0.15) is 92.4 Å². The molecule has 2 atom stereocenters. The van der Waals surface area contributed by atoms with Crippen molar-refractivity contribution in [3.63, 3.8) is 0 Å². The van der Waals surface area contributed by atoms with Crippen LogP contribution in [0.25, 0.3) is 12.2 Å². The second-order valence-corrected chi connectivity index (χ2v) is 38.9. The molecule has 54 heavy (non-hydrogen) atoms. The molecule has 4 heteroatoms. The van der Waals surface area contributed by atoms with Crippen LogP contribution in [0.15, 0.2) is 157 Å². The van der Waals surface area contributed by atoms with Gasteiger partial charge in [-0.25, -0.2) is 0 Å². The molecule has 0 aromatic heterocycles. The van der Waals surface area contributed by atoms with Crippen molar-refractivity contribution < 1.29 is 18.5 Å². The maximum absolute atomic E-state index is 7.24. The molecular formula is C50H47Cl2SiZr. The molecule has 0 heterocycles. The van der Waals surface area contributed by atoms with Gasteiger partial charge in [-0.15, -0.1) is 0 Å². The van der Waals surface area contributed by atoms with Crippen LogP contribution >= 0.6 is 17.0 Å². The summed E-state index contributed by atoms with van der Waals surface area (Å²) in [6.45, 7) is 4.70. The molecule has 0 saturated carbocycles. The van der Waals surface area contributed by atoms with Crippen molar-refractivity contribution in [2.45, 2.75) is 63.5 Å². The first-order valence-electron chi connectivity index (χ1n) is 19.4. The van der Waals surface area contributed by atoms with Crippen molar-refractivity contribution >= 4 is 35.1 Å². The number of hydrogen-bond donors (Lipinski definition) is 0. The Balaban J connectivity index is 1.09. The standard InChI is InChI=1S/C50H47Si.2ClH.Zr/c1-35-27-47-43(25-23-41(29-37-15-7-3-8-16-37)45(47)31-39-19-11-5-12-20-39)49(35)33-51-34-50-36(2)28-48-44(50)26-24-42(30-38-17-9-4-10-18-38)46(48)32-40-21-13-6-14-22-40;;;/h3-28,49-51H,29-34H2,1-2H3;2*1H;/q;;;+2/p-2. The summed E-state index contributed by atoms with van der Waals surface area (Å²) in [5, 5.41) is 0. The van der Waals surface area contributed by atoms with Crippen molar-refractivity contribution in [2.75, 3.05) is 0 Å². The number of rotatable bonds is 13. The molecule has 0 aliphatic heterocycles. The van der Waals surface area contributed by atoms with E-state index in [2.05, 4.69) is 172 Å². The van der Waals surface area contributed by atoms with Gasteiger partial charge in [-0.05, 0) is 0 Å². The molecule has 269 valence electrons. The van der Waals surface area contributed by atoms with Crippen LogP contribution in [0.3, 0.4) is 0 Å². The molecule has 6 aromatic rings. The van der Waals surface area contributed by atoms with Crippen molar-refractivity contribution in [1.82, 2.24) is 0 Å². The fourth-order valence-electron chi connectivity index (χ4n) is 9.00. The summed E-state index contributed by atoms with van der Waals surface area (Å²) in [4.78, 5) is 0. The third-order valence-corrected chi connectivity index (χ3v) is 33.5. The Morgan fingerprint density at radius 2 is 0.778 bits per heavy atom. The monoisotopic (exact) mass is 835 g/mol. The zero-order valence-electron chi connectivity index (χ0n) is 31.2. The van der Waals surface area contributed by atoms with Gasteiger partial charge >= 0.3 is 341 Å². The Hall–Kier alpha value is -3.52. The molecule has 0 radical (unpaired) electrons. The molecule has 0 fully saturated rings. The molecule has 2 unspecified atom stereocenters. The molecule has 0 spiro atoms. The van der Waals surface area contributed by atoms with Gasteiger partial charge in [0.25, 0.3) is 0 Å². The van der Waals surface area contributed by atoms with Crippen molar-refractivity contribution in [2.24, 2.45) is 0 Å². The fraction of sp³-hybridized carbons (Fsp3) is 0.200. The van der Waals surface area contributed by atoms with E-state index in [0.29, 0.717) is 11.8 Å². The summed E-state index contributed by atoms with van der Waals surface area (Å²) in [6, 6.07) is 55.8. The van der Waals surface area contributed by atoms with E-state index in [4.69, 9.17) is 17.0 Å². The van der Waals surface area contributed by atoms with E-state index >= 15 is 0 Å². The minimum atomic E-state index is -2.56. The van der Waals surface area contributed by atoms with Crippen molar-refractivity contribution in [3.05, 3.63) is 224 Å². The van der Waals surface area contributed by atoms with Gasteiger partial charge < -0.3 is 0 Å². The normalized spacial score (nSPS) is 16.4. The van der Waals surface area contributed by atoms with Crippen LogP contribution in [-0.2, 0) is 44.2 Å². The zero-order chi connectivity index (χ0) is 37.0. The minimum absolute atomic E-state index is 0.400.